The van der Waals surface area contributed by atoms with Gasteiger partial charge in [-0.15, -0.1) is 0 Å². The molecule has 7 heteroatoms. The van der Waals surface area contributed by atoms with Crippen LogP contribution in [0.25, 0.3) is 0 Å². The Morgan fingerprint density at radius 3 is 2.75 bits per heavy atom. The van der Waals surface area contributed by atoms with E-state index in [9.17, 15) is 14.4 Å². The topological polar surface area (TPSA) is 84.9 Å². The highest BCUT2D eigenvalue weighted by atomic mass is 16.5. The van der Waals surface area contributed by atoms with Crippen molar-refractivity contribution in [1.29, 1.82) is 0 Å². The van der Waals surface area contributed by atoms with E-state index in [0.717, 1.165) is 0 Å². The molecule has 0 spiro atoms. The quantitative estimate of drug-likeness (QED) is 0.788. The van der Waals surface area contributed by atoms with Crippen LogP contribution in [0, 0.1) is 5.92 Å². The summed E-state index contributed by atoms with van der Waals surface area (Å²) in [6.45, 7) is 3.97. The lowest BCUT2D eigenvalue weighted by Gasteiger charge is -2.19. The first kappa shape index (κ1) is 17.8. The predicted molar refractivity (Wildman–Crippen MR) is 87.7 cm³/mol. The Kier molecular flexibility index (Phi) is 5.78. The summed E-state index contributed by atoms with van der Waals surface area (Å²) in [4.78, 5) is 37.7. The van der Waals surface area contributed by atoms with Crippen LogP contribution in [-0.4, -0.2) is 44.1 Å². The molecule has 1 saturated heterocycles. The molecule has 0 aliphatic carbocycles. The molecule has 1 aliphatic rings. The molecular formula is C17H22N2O5. The van der Waals surface area contributed by atoms with Gasteiger partial charge < -0.3 is 19.7 Å². The number of methoxy groups -OCH3 is 1. The standard InChI is InChI=1S/C17H22N2O5/c1-4-18-16(21)11(2)24-17(22)12-9-15(20)19(10-12)13-7-5-6-8-14(13)23-3/h5-8,11-12H,4,9-10H2,1-3H3,(H,18,21)/t11-,12+/m0/s1. The van der Waals surface area contributed by atoms with E-state index < -0.39 is 18.0 Å². The number of amides is 2. The Bertz CT molecular complexity index is 631. The van der Waals surface area contributed by atoms with Crippen LogP contribution < -0.4 is 15.0 Å². The van der Waals surface area contributed by atoms with Crippen LogP contribution >= 0.6 is 0 Å². The molecule has 7 nitrogen and oxygen atoms in total. The minimum Gasteiger partial charge on any atom is -0.495 e. The summed E-state index contributed by atoms with van der Waals surface area (Å²) in [5.41, 5.74) is 0.622. The van der Waals surface area contributed by atoms with Gasteiger partial charge in [0.15, 0.2) is 6.10 Å². The van der Waals surface area contributed by atoms with Gasteiger partial charge in [0.1, 0.15) is 5.75 Å². The zero-order valence-electron chi connectivity index (χ0n) is 14.1. The lowest BCUT2D eigenvalue weighted by atomic mass is 10.1. The lowest BCUT2D eigenvalue weighted by Crippen LogP contribution is -2.37. The predicted octanol–water partition coefficient (Wildman–Crippen LogP) is 1.12. The number of carbonyl (C=O) groups is 3. The fourth-order valence-corrected chi connectivity index (χ4v) is 2.59. The van der Waals surface area contributed by atoms with Gasteiger partial charge >= 0.3 is 5.97 Å². The van der Waals surface area contributed by atoms with Gasteiger partial charge in [0.25, 0.3) is 5.91 Å². The molecule has 1 heterocycles. The highest BCUT2D eigenvalue weighted by Crippen LogP contribution is 2.33. The van der Waals surface area contributed by atoms with Gasteiger partial charge in [-0.05, 0) is 26.0 Å². The first-order valence-corrected chi connectivity index (χ1v) is 7.89. The fourth-order valence-electron chi connectivity index (χ4n) is 2.59. The van der Waals surface area contributed by atoms with Crippen LogP contribution in [0.15, 0.2) is 24.3 Å². The summed E-state index contributed by atoms with van der Waals surface area (Å²) >= 11 is 0. The molecule has 130 valence electrons. The maximum atomic E-state index is 12.3. The summed E-state index contributed by atoms with van der Waals surface area (Å²) in [7, 11) is 1.53. The summed E-state index contributed by atoms with van der Waals surface area (Å²) in [5, 5.41) is 2.59. The second kappa shape index (κ2) is 7.81. The smallest absolute Gasteiger partial charge is 0.312 e. The molecule has 1 N–H and O–H groups in total. The molecule has 24 heavy (non-hydrogen) atoms. The van der Waals surface area contributed by atoms with Gasteiger partial charge in [-0.2, -0.15) is 0 Å². The molecule has 1 aromatic carbocycles. The van der Waals surface area contributed by atoms with Crippen molar-refractivity contribution in [3.05, 3.63) is 24.3 Å². The van der Waals surface area contributed by atoms with Gasteiger partial charge in [-0.25, -0.2) is 0 Å². The molecule has 2 amide bonds. The third-order valence-corrected chi connectivity index (χ3v) is 3.85. The van der Waals surface area contributed by atoms with Gasteiger partial charge in [0.2, 0.25) is 5.91 Å². The van der Waals surface area contributed by atoms with Crippen molar-refractivity contribution in [3.8, 4) is 5.75 Å². The van der Waals surface area contributed by atoms with Crippen LogP contribution in [0.4, 0.5) is 5.69 Å². The van der Waals surface area contributed by atoms with E-state index in [2.05, 4.69) is 5.32 Å². The number of para-hydroxylation sites is 2. The van der Waals surface area contributed by atoms with E-state index in [1.807, 2.05) is 6.07 Å². The first-order chi connectivity index (χ1) is 11.5. The number of rotatable bonds is 6. The van der Waals surface area contributed by atoms with Crippen molar-refractivity contribution in [2.45, 2.75) is 26.4 Å². The zero-order chi connectivity index (χ0) is 17.7. The molecular weight excluding hydrogens is 312 g/mol. The van der Waals surface area contributed by atoms with Crippen LogP contribution in [0.3, 0.4) is 0 Å². The normalized spacial score (nSPS) is 18.2. The SMILES string of the molecule is CCNC(=O)[C@H](C)OC(=O)[C@@H]1CC(=O)N(c2ccccc2OC)C1. The van der Waals surface area contributed by atoms with Crippen LogP contribution in [0.2, 0.25) is 0 Å². The van der Waals surface area contributed by atoms with Gasteiger partial charge in [0, 0.05) is 19.5 Å². The Morgan fingerprint density at radius 1 is 1.38 bits per heavy atom. The summed E-state index contributed by atoms with van der Waals surface area (Å²) in [6.07, 6.45) is -0.827. The number of nitrogens with one attached hydrogen (secondary N) is 1. The van der Waals surface area contributed by atoms with Crippen molar-refractivity contribution in [2.24, 2.45) is 5.92 Å². The number of anilines is 1. The number of likely N-dealkylation sites (N-methyl/N-ethyl adjacent to an activating group) is 1. The van der Waals surface area contributed by atoms with E-state index >= 15 is 0 Å². The Labute approximate surface area is 140 Å². The highest BCUT2D eigenvalue weighted by Gasteiger charge is 2.38. The van der Waals surface area contributed by atoms with Crippen LogP contribution in [-0.2, 0) is 19.1 Å². The largest absolute Gasteiger partial charge is 0.495 e. The first-order valence-electron chi connectivity index (χ1n) is 7.89. The molecule has 0 unspecified atom stereocenters. The van der Waals surface area contributed by atoms with Crippen molar-refractivity contribution in [2.75, 3.05) is 25.1 Å². The second-order valence-electron chi connectivity index (χ2n) is 5.55. The minimum absolute atomic E-state index is 0.0546. The number of hydrogen-bond acceptors (Lipinski definition) is 5. The minimum atomic E-state index is -0.882. The van der Waals surface area contributed by atoms with Crippen molar-refractivity contribution < 1.29 is 23.9 Å². The number of nitrogens with zero attached hydrogens (tertiary/aromatic N) is 1. The van der Waals surface area contributed by atoms with E-state index in [1.165, 1.54) is 18.9 Å². The number of carbonyl (C=O) groups excluding carboxylic acids is 3. The van der Waals surface area contributed by atoms with Crippen molar-refractivity contribution >= 4 is 23.5 Å². The number of ether oxygens (including phenoxy) is 2. The molecule has 1 aliphatic heterocycles. The zero-order valence-corrected chi connectivity index (χ0v) is 14.1. The number of hydrogen-bond donors (Lipinski definition) is 1. The third-order valence-electron chi connectivity index (χ3n) is 3.85. The molecule has 1 aromatic rings. The Balaban J connectivity index is 2.04. The third kappa shape index (κ3) is 3.84. The van der Waals surface area contributed by atoms with E-state index in [0.29, 0.717) is 18.0 Å². The summed E-state index contributed by atoms with van der Waals surface area (Å²) < 4.78 is 10.4. The molecule has 2 rings (SSSR count). The molecule has 0 bridgehead atoms. The monoisotopic (exact) mass is 334 g/mol. The van der Waals surface area contributed by atoms with E-state index in [4.69, 9.17) is 9.47 Å². The fraction of sp³-hybridized carbons (Fsp3) is 0.471. The average Bonchev–Trinajstić information content (AvgIpc) is 2.96. The lowest BCUT2D eigenvalue weighted by molar-refractivity contribution is -0.158. The maximum absolute atomic E-state index is 12.3. The van der Waals surface area contributed by atoms with Crippen molar-refractivity contribution in [3.63, 3.8) is 0 Å². The molecule has 0 radical (unpaired) electrons. The highest BCUT2D eigenvalue weighted by molar-refractivity contribution is 6.00. The Hall–Kier alpha value is -2.57. The van der Waals surface area contributed by atoms with E-state index in [-0.39, 0.29) is 24.8 Å². The van der Waals surface area contributed by atoms with Crippen LogP contribution in [0.1, 0.15) is 20.3 Å². The summed E-state index contributed by atoms with van der Waals surface area (Å²) in [6, 6.07) is 7.13. The van der Waals surface area contributed by atoms with Crippen molar-refractivity contribution in [1.82, 2.24) is 5.32 Å². The van der Waals surface area contributed by atoms with Gasteiger partial charge in [-0.1, -0.05) is 12.1 Å². The summed E-state index contributed by atoms with van der Waals surface area (Å²) in [5.74, 6) is -1.10. The Morgan fingerprint density at radius 2 is 2.08 bits per heavy atom. The average molecular weight is 334 g/mol. The molecule has 1 fully saturated rings. The van der Waals surface area contributed by atoms with Crippen LogP contribution in [0.5, 0.6) is 5.75 Å². The van der Waals surface area contributed by atoms with Gasteiger partial charge in [0.05, 0.1) is 18.7 Å². The maximum Gasteiger partial charge on any atom is 0.312 e. The van der Waals surface area contributed by atoms with E-state index in [1.54, 1.807) is 25.1 Å². The molecule has 0 saturated carbocycles. The van der Waals surface area contributed by atoms with Gasteiger partial charge in [-0.3, -0.25) is 14.4 Å². The number of esters is 1. The number of benzene rings is 1. The molecule has 0 aromatic heterocycles. The molecule has 2 atom stereocenters. The second-order valence-corrected chi connectivity index (χ2v) is 5.55.